The number of thiophene rings is 1. The maximum atomic E-state index is 11.2. The molecular weight excluding hydrogens is 380 g/mol. The third kappa shape index (κ3) is 3.20. The molecule has 0 spiro atoms. The molecule has 1 atom stereocenters. The lowest BCUT2D eigenvalue weighted by molar-refractivity contribution is -0.305. The molecule has 4 rings (SSSR count). The van der Waals surface area contributed by atoms with E-state index in [0.29, 0.717) is 21.7 Å². The van der Waals surface area contributed by atoms with Crippen molar-refractivity contribution in [1.82, 2.24) is 14.9 Å². The Hall–Kier alpha value is -2.16. The fraction of sp³-hybridized carbons (Fsp3) is 0.125. The maximum Gasteiger partial charge on any atom is 0.213 e. The van der Waals surface area contributed by atoms with Crippen LogP contribution in [0.4, 0.5) is 0 Å². The molecule has 2 aromatic heterocycles. The quantitative estimate of drug-likeness (QED) is 0.684. The summed E-state index contributed by atoms with van der Waals surface area (Å²) in [5.41, 5.74) is 1.44. The zero-order valence-corrected chi connectivity index (χ0v) is 15.0. The number of hydrogen-bond acceptors (Lipinski definition) is 7. The molecule has 0 amide bonds. The summed E-state index contributed by atoms with van der Waals surface area (Å²) >= 11 is 8.82. The molecule has 0 saturated carbocycles. The Balaban J connectivity index is 1.82. The normalized spacial score (nSPS) is 16.4. The van der Waals surface area contributed by atoms with E-state index >= 15 is 0 Å². The molecule has 9 heteroatoms. The minimum absolute atomic E-state index is 0.159. The van der Waals surface area contributed by atoms with E-state index in [2.05, 4.69) is 15.3 Å². The molecule has 3 aromatic rings. The summed E-state index contributed by atoms with van der Waals surface area (Å²) in [5.74, 6) is -0.499. The van der Waals surface area contributed by atoms with E-state index in [0.717, 1.165) is 10.4 Å². The molecule has 1 aromatic carbocycles. The summed E-state index contributed by atoms with van der Waals surface area (Å²) in [7, 11) is 0. The van der Waals surface area contributed by atoms with Crippen LogP contribution in [0, 0.1) is 0 Å². The maximum absolute atomic E-state index is 11.2. The average molecular weight is 390 g/mol. The van der Waals surface area contributed by atoms with Crippen molar-refractivity contribution < 1.29 is 9.90 Å². The van der Waals surface area contributed by atoms with Crippen molar-refractivity contribution in [2.75, 3.05) is 0 Å². The van der Waals surface area contributed by atoms with E-state index in [1.807, 2.05) is 29.6 Å². The number of carbonyl (C=O) groups is 1. The van der Waals surface area contributed by atoms with E-state index < -0.39 is 11.2 Å². The number of carbonyl (C=O) groups excluding carboxylic acids is 1. The summed E-state index contributed by atoms with van der Waals surface area (Å²) < 4.78 is 1.66. The number of halogens is 1. The molecule has 0 fully saturated rings. The van der Waals surface area contributed by atoms with Gasteiger partial charge in [-0.2, -0.15) is 9.78 Å². The van der Waals surface area contributed by atoms with E-state index in [1.165, 1.54) is 11.8 Å². The van der Waals surface area contributed by atoms with Gasteiger partial charge in [0, 0.05) is 17.4 Å². The van der Waals surface area contributed by atoms with Gasteiger partial charge in [-0.25, -0.2) is 0 Å². The Kier molecular flexibility index (Phi) is 4.32. The molecular formula is C16H10ClN4O2S2-. The second kappa shape index (κ2) is 6.62. The number of hydrogen-bond donors (Lipinski definition) is 0. The van der Waals surface area contributed by atoms with Gasteiger partial charge in [0.05, 0.1) is 15.8 Å². The summed E-state index contributed by atoms with van der Waals surface area (Å²) in [4.78, 5) is 12.1. The minimum atomic E-state index is -1.13. The number of nitrogens with zero attached hydrogens (tertiary/aromatic N) is 4. The van der Waals surface area contributed by atoms with Crippen LogP contribution in [0.2, 0.25) is 5.02 Å². The molecule has 3 heterocycles. The van der Waals surface area contributed by atoms with Crippen LogP contribution in [0.3, 0.4) is 0 Å². The first kappa shape index (κ1) is 16.3. The number of benzene rings is 1. The van der Waals surface area contributed by atoms with Crippen LogP contribution < -0.4 is 5.11 Å². The van der Waals surface area contributed by atoms with Crippen molar-refractivity contribution in [2.24, 2.45) is 5.10 Å². The summed E-state index contributed by atoms with van der Waals surface area (Å²) in [6, 6.07) is 11.0. The number of aliphatic carboxylic acids is 1. The molecule has 1 aliphatic heterocycles. The molecule has 0 saturated heterocycles. The topological polar surface area (TPSA) is 83.2 Å². The van der Waals surface area contributed by atoms with Gasteiger partial charge in [0.15, 0.2) is 5.82 Å². The standard InChI is InChI=1S/C16H11ClN4O2S2/c17-10-5-3-9(4-6-10)14-12(8-13(22)23)25-16-19-18-15(21(16)20-14)11-2-1-7-24-11/h1-7,12H,8H2,(H,22,23)/p-1. The summed E-state index contributed by atoms with van der Waals surface area (Å²) in [6.45, 7) is 0. The third-order valence-electron chi connectivity index (χ3n) is 3.61. The van der Waals surface area contributed by atoms with Gasteiger partial charge in [0.2, 0.25) is 5.16 Å². The smallest absolute Gasteiger partial charge is 0.213 e. The lowest BCUT2D eigenvalue weighted by atomic mass is 10.1. The second-order valence-electron chi connectivity index (χ2n) is 5.27. The van der Waals surface area contributed by atoms with Crippen LogP contribution in [0.25, 0.3) is 10.7 Å². The second-order valence-corrected chi connectivity index (χ2v) is 7.82. The highest BCUT2D eigenvalue weighted by molar-refractivity contribution is 8.00. The minimum Gasteiger partial charge on any atom is -0.550 e. The molecule has 0 bridgehead atoms. The highest BCUT2D eigenvalue weighted by atomic mass is 35.5. The number of carboxylic acid groups (broad SMARTS) is 1. The van der Waals surface area contributed by atoms with Crippen LogP contribution in [-0.4, -0.2) is 31.8 Å². The van der Waals surface area contributed by atoms with E-state index in [1.54, 1.807) is 28.1 Å². The molecule has 1 aliphatic rings. The van der Waals surface area contributed by atoms with Crippen molar-refractivity contribution >= 4 is 46.4 Å². The molecule has 6 nitrogen and oxygen atoms in total. The van der Waals surface area contributed by atoms with Crippen molar-refractivity contribution in [2.45, 2.75) is 16.8 Å². The van der Waals surface area contributed by atoms with Gasteiger partial charge >= 0.3 is 0 Å². The zero-order chi connectivity index (χ0) is 17.4. The lowest BCUT2D eigenvalue weighted by Crippen LogP contribution is -2.32. The first-order chi connectivity index (χ1) is 12.1. The van der Waals surface area contributed by atoms with Gasteiger partial charge in [-0.1, -0.05) is 41.6 Å². The summed E-state index contributed by atoms with van der Waals surface area (Å²) in [5, 5.41) is 26.9. The van der Waals surface area contributed by atoms with Gasteiger partial charge in [0.1, 0.15) is 0 Å². The zero-order valence-electron chi connectivity index (χ0n) is 12.6. The largest absolute Gasteiger partial charge is 0.550 e. The van der Waals surface area contributed by atoms with Gasteiger partial charge in [-0.15, -0.1) is 21.5 Å². The molecule has 0 radical (unpaired) electrons. The fourth-order valence-corrected chi connectivity index (χ4v) is 4.40. The van der Waals surface area contributed by atoms with Crippen molar-refractivity contribution in [3.63, 3.8) is 0 Å². The van der Waals surface area contributed by atoms with Crippen LogP contribution in [0.15, 0.2) is 52.0 Å². The Morgan fingerprint density at radius 3 is 2.72 bits per heavy atom. The number of thioether (sulfide) groups is 1. The number of aromatic nitrogens is 3. The SMILES string of the molecule is O=C([O-])CC1Sc2nnc(-c3cccs3)n2N=C1c1ccc(Cl)cc1. The Bertz CT molecular complexity index is 951. The Labute approximate surface area is 156 Å². The Morgan fingerprint density at radius 1 is 1.24 bits per heavy atom. The highest BCUT2D eigenvalue weighted by Crippen LogP contribution is 2.35. The van der Waals surface area contributed by atoms with Gasteiger partial charge in [-0.3, -0.25) is 0 Å². The average Bonchev–Trinajstić information content (AvgIpc) is 3.23. The van der Waals surface area contributed by atoms with Crippen LogP contribution in [0.1, 0.15) is 12.0 Å². The van der Waals surface area contributed by atoms with Crippen LogP contribution >= 0.6 is 34.7 Å². The molecule has 126 valence electrons. The van der Waals surface area contributed by atoms with Crippen molar-refractivity contribution in [3.8, 4) is 10.7 Å². The van der Waals surface area contributed by atoms with Crippen LogP contribution in [0.5, 0.6) is 0 Å². The summed E-state index contributed by atoms with van der Waals surface area (Å²) in [6.07, 6.45) is -0.159. The van der Waals surface area contributed by atoms with E-state index in [-0.39, 0.29) is 6.42 Å². The van der Waals surface area contributed by atoms with Crippen LogP contribution in [-0.2, 0) is 4.79 Å². The lowest BCUT2D eigenvalue weighted by Gasteiger charge is -2.23. The van der Waals surface area contributed by atoms with E-state index in [4.69, 9.17) is 11.6 Å². The first-order valence-corrected chi connectivity index (χ1v) is 9.46. The van der Waals surface area contributed by atoms with E-state index in [9.17, 15) is 9.90 Å². The predicted molar refractivity (Wildman–Crippen MR) is 96.0 cm³/mol. The highest BCUT2D eigenvalue weighted by Gasteiger charge is 2.29. The van der Waals surface area contributed by atoms with Crippen molar-refractivity contribution in [1.29, 1.82) is 0 Å². The number of fused-ring (bicyclic) bond motifs is 1. The van der Waals surface area contributed by atoms with Gasteiger partial charge in [0.25, 0.3) is 0 Å². The number of carboxylic acids is 1. The number of rotatable bonds is 4. The molecule has 0 aliphatic carbocycles. The fourth-order valence-electron chi connectivity index (χ4n) is 2.50. The third-order valence-corrected chi connectivity index (χ3v) is 5.86. The van der Waals surface area contributed by atoms with Gasteiger partial charge < -0.3 is 9.90 Å². The predicted octanol–water partition coefficient (Wildman–Crippen LogP) is 2.53. The molecule has 25 heavy (non-hydrogen) atoms. The Morgan fingerprint density at radius 2 is 2.04 bits per heavy atom. The molecule has 1 unspecified atom stereocenters. The molecule has 0 N–H and O–H groups in total. The van der Waals surface area contributed by atoms with Gasteiger partial charge in [-0.05, 0) is 29.1 Å². The first-order valence-electron chi connectivity index (χ1n) is 7.32. The monoisotopic (exact) mass is 389 g/mol. The van der Waals surface area contributed by atoms with Crippen molar-refractivity contribution in [3.05, 3.63) is 52.4 Å².